The summed E-state index contributed by atoms with van der Waals surface area (Å²) in [7, 11) is 0. The summed E-state index contributed by atoms with van der Waals surface area (Å²) in [4.78, 5) is 0. The van der Waals surface area contributed by atoms with Gasteiger partial charge in [-0.2, -0.15) is 0 Å². The lowest BCUT2D eigenvalue weighted by Crippen LogP contribution is -2.52. The van der Waals surface area contributed by atoms with Crippen molar-refractivity contribution in [3.05, 3.63) is 0 Å². The molecule has 0 aromatic heterocycles. The van der Waals surface area contributed by atoms with Crippen molar-refractivity contribution in [3.63, 3.8) is 0 Å². The van der Waals surface area contributed by atoms with Crippen molar-refractivity contribution in [1.82, 2.24) is 10.6 Å². The van der Waals surface area contributed by atoms with E-state index in [9.17, 15) is 0 Å². The average Bonchev–Trinajstić information content (AvgIpc) is 2.91. The van der Waals surface area contributed by atoms with Gasteiger partial charge in [0.1, 0.15) is 0 Å². The van der Waals surface area contributed by atoms with Crippen LogP contribution in [0, 0.1) is 11.3 Å². The highest BCUT2D eigenvalue weighted by atomic mass is 16.5. The molecule has 1 saturated heterocycles. The maximum Gasteiger partial charge on any atom is 0.0623 e. The molecule has 3 unspecified atom stereocenters. The maximum atomic E-state index is 5.67. The Morgan fingerprint density at radius 1 is 1.25 bits per heavy atom. The third-order valence-electron chi connectivity index (χ3n) is 5.97. The summed E-state index contributed by atoms with van der Waals surface area (Å²) in [6.07, 6.45) is 11.3. The van der Waals surface area contributed by atoms with Crippen LogP contribution in [-0.4, -0.2) is 38.4 Å². The number of hydrogen-bond donors (Lipinski definition) is 2. The predicted octanol–water partition coefficient (Wildman–Crippen LogP) is 2.70. The first-order valence-corrected chi connectivity index (χ1v) is 8.87. The summed E-state index contributed by atoms with van der Waals surface area (Å²) >= 11 is 0. The molecule has 3 atom stereocenters. The van der Waals surface area contributed by atoms with Crippen LogP contribution in [0.2, 0.25) is 0 Å². The van der Waals surface area contributed by atoms with Crippen molar-refractivity contribution >= 4 is 0 Å². The number of ether oxygens (including phenoxy) is 1. The van der Waals surface area contributed by atoms with Crippen molar-refractivity contribution in [2.75, 3.05) is 26.3 Å². The molecule has 0 aromatic rings. The van der Waals surface area contributed by atoms with E-state index < -0.39 is 0 Å². The average molecular weight is 280 g/mol. The largest absolute Gasteiger partial charge is 0.379 e. The number of rotatable bonds is 6. The highest BCUT2D eigenvalue weighted by molar-refractivity contribution is 4.95. The Kier molecular flexibility index (Phi) is 5.00. The minimum Gasteiger partial charge on any atom is -0.379 e. The van der Waals surface area contributed by atoms with Gasteiger partial charge in [-0.3, -0.25) is 0 Å². The van der Waals surface area contributed by atoms with E-state index in [4.69, 9.17) is 4.74 Å². The molecule has 2 N–H and O–H groups in total. The smallest absolute Gasteiger partial charge is 0.0623 e. The summed E-state index contributed by atoms with van der Waals surface area (Å²) in [5.41, 5.74) is 0.651. The zero-order valence-corrected chi connectivity index (χ0v) is 13.1. The highest BCUT2D eigenvalue weighted by Crippen LogP contribution is 2.44. The van der Waals surface area contributed by atoms with Gasteiger partial charge in [-0.1, -0.05) is 26.2 Å². The van der Waals surface area contributed by atoms with Gasteiger partial charge in [0.25, 0.3) is 0 Å². The number of hydrogen-bond acceptors (Lipinski definition) is 3. The zero-order valence-electron chi connectivity index (χ0n) is 13.1. The summed E-state index contributed by atoms with van der Waals surface area (Å²) in [6, 6.07) is 1.32. The monoisotopic (exact) mass is 280 g/mol. The van der Waals surface area contributed by atoms with Gasteiger partial charge in [-0.15, -0.1) is 0 Å². The van der Waals surface area contributed by atoms with E-state index in [1.807, 2.05) is 0 Å². The van der Waals surface area contributed by atoms with E-state index in [-0.39, 0.29) is 0 Å². The molecule has 20 heavy (non-hydrogen) atoms. The second-order valence-electron chi connectivity index (χ2n) is 7.32. The van der Waals surface area contributed by atoms with Crippen LogP contribution in [0.5, 0.6) is 0 Å². The molecule has 0 bridgehead atoms. The Morgan fingerprint density at radius 2 is 2.15 bits per heavy atom. The summed E-state index contributed by atoms with van der Waals surface area (Å²) in [6.45, 7) is 6.44. The van der Waals surface area contributed by atoms with E-state index >= 15 is 0 Å². The summed E-state index contributed by atoms with van der Waals surface area (Å²) in [5.74, 6) is 0.786. The molecule has 1 aliphatic heterocycles. The first kappa shape index (κ1) is 14.8. The van der Waals surface area contributed by atoms with Crippen LogP contribution < -0.4 is 10.6 Å². The van der Waals surface area contributed by atoms with Gasteiger partial charge in [0.15, 0.2) is 0 Å². The molecule has 3 rings (SSSR count). The second-order valence-corrected chi connectivity index (χ2v) is 7.32. The number of nitrogens with one attached hydrogen (secondary N) is 2. The zero-order chi connectivity index (χ0) is 13.8. The summed E-state index contributed by atoms with van der Waals surface area (Å²) in [5, 5.41) is 7.64. The fourth-order valence-electron chi connectivity index (χ4n) is 4.65. The Labute approximate surface area is 124 Å². The fourth-order valence-corrected chi connectivity index (χ4v) is 4.65. The van der Waals surface area contributed by atoms with E-state index in [1.165, 1.54) is 57.9 Å². The molecule has 1 heterocycles. The lowest BCUT2D eigenvalue weighted by atomic mass is 9.66. The van der Waals surface area contributed by atoms with Gasteiger partial charge < -0.3 is 15.4 Å². The molecule has 116 valence electrons. The SMILES string of the molecule is CCCC1(CNC2CCCC2C2COCCN2)CCC1. The van der Waals surface area contributed by atoms with Crippen molar-refractivity contribution < 1.29 is 4.74 Å². The second kappa shape index (κ2) is 6.76. The topological polar surface area (TPSA) is 33.3 Å². The molecule has 3 nitrogen and oxygen atoms in total. The van der Waals surface area contributed by atoms with Gasteiger partial charge in [0.05, 0.1) is 13.2 Å². The Hall–Kier alpha value is -0.120. The van der Waals surface area contributed by atoms with Crippen LogP contribution >= 0.6 is 0 Å². The maximum absolute atomic E-state index is 5.67. The predicted molar refractivity (Wildman–Crippen MR) is 82.9 cm³/mol. The first-order chi connectivity index (χ1) is 9.83. The summed E-state index contributed by atoms with van der Waals surface area (Å²) < 4.78 is 5.67. The molecule has 3 aliphatic rings. The van der Waals surface area contributed by atoms with Crippen LogP contribution in [0.3, 0.4) is 0 Å². The third kappa shape index (κ3) is 3.20. The molecule has 0 aromatic carbocycles. The molecular formula is C17H32N2O. The Balaban J connectivity index is 1.50. The van der Waals surface area contributed by atoms with Gasteiger partial charge >= 0.3 is 0 Å². The minimum atomic E-state index is 0.590. The van der Waals surface area contributed by atoms with Crippen LogP contribution in [0.15, 0.2) is 0 Å². The van der Waals surface area contributed by atoms with E-state index in [1.54, 1.807) is 0 Å². The van der Waals surface area contributed by atoms with E-state index in [0.717, 1.165) is 31.7 Å². The van der Waals surface area contributed by atoms with Crippen LogP contribution in [0.25, 0.3) is 0 Å². The van der Waals surface area contributed by atoms with Crippen molar-refractivity contribution in [2.24, 2.45) is 11.3 Å². The third-order valence-corrected chi connectivity index (χ3v) is 5.97. The normalized spacial score (nSPS) is 36.8. The molecule has 3 heteroatoms. The lowest BCUT2D eigenvalue weighted by Gasteiger charge is -2.44. The molecule has 0 spiro atoms. The van der Waals surface area contributed by atoms with Crippen molar-refractivity contribution in [2.45, 2.75) is 70.4 Å². The van der Waals surface area contributed by atoms with Gasteiger partial charge in [-0.25, -0.2) is 0 Å². The number of morpholine rings is 1. The van der Waals surface area contributed by atoms with Crippen LogP contribution in [-0.2, 0) is 4.74 Å². The molecule has 3 fully saturated rings. The van der Waals surface area contributed by atoms with Crippen molar-refractivity contribution in [1.29, 1.82) is 0 Å². The Bertz CT molecular complexity index is 297. The Morgan fingerprint density at radius 3 is 2.80 bits per heavy atom. The molecule has 2 saturated carbocycles. The quantitative estimate of drug-likeness (QED) is 0.785. The lowest BCUT2D eigenvalue weighted by molar-refractivity contribution is 0.0487. The van der Waals surface area contributed by atoms with Gasteiger partial charge in [-0.05, 0) is 43.4 Å². The van der Waals surface area contributed by atoms with Gasteiger partial charge in [0.2, 0.25) is 0 Å². The molecule has 0 amide bonds. The standard InChI is InChI=1S/C17H32N2O/c1-2-7-17(8-4-9-17)13-19-15-6-3-5-14(15)16-12-20-11-10-18-16/h14-16,18-19H,2-13H2,1H3. The van der Waals surface area contributed by atoms with Crippen LogP contribution in [0.4, 0.5) is 0 Å². The molecular weight excluding hydrogens is 248 g/mol. The van der Waals surface area contributed by atoms with Gasteiger partial charge in [0, 0.05) is 25.2 Å². The van der Waals surface area contributed by atoms with E-state index in [2.05, 4.69) is 17.6 Å². The fraction of sp³-hybridized carbons (Fsp3) is 1.00. The molecule has 0 radical (unpaired) electrons. The van der Waals surface area contributed by atoms with E-state index in [0.29, 0.717) is 11.5 Å². The molecule has 2 aliphatic carbocycles. The minimum absolute atomic E-state index is 0.590. The van der Waals surface area contributed by atoms with Crippen molar-refractivity contribution in [3.8, 4) is 0 Å². The first-order valence-electron chi connectivity index (χ1n) is 8.87. The van der Waals surface area contributed by atoms with Crippen LogP contribution in [0.1, 0.15) is 58.3 Å². The highest BCUT2D eigenvalue weighted by Gasteiger charge is 2.39.